The number of allylic oxidation sites excluding steroid dienone is 4. The van der Waals surface area contributed by atoms with E-state index in [4.69, 9.17) is 0 Å². The normalized spacial score (nSPS) is 22.2. The quantitative estimate of drug-likeness (QED) is 0.407. The molecule has 2 fully saturated rings. The van der Waals surface area contributed by atoms with E-state index in [0.29, 0.717) is 36.8 Å². The molecule has 0 amide bonds. The minimum absolute atomic E-state index is 0. The van der Waals surface area contributed by atoms with Crippen molar-refractivity contribution in [3.63, 3.8) is 0 Å². The minimum Gasteiger partial charge on any atom is -0.875 e. The van der Waals surface area contributed by atoms with Crippen molar-refractivity contribution >= 4 is 11.6 Å². The van der Waals surface area contributed by atoms with Gasteiger partial charge in [-0.25, -0.2) is 0 Å². The Morgan fingerprint density at radius 1 is 0.680 bits per heavy atom. The molecule has 0 aromatic heterocycles. The van der Waals surface area contributed by atoms with E-state index >= 15 is 0 Å². The first-order valence-electron chi connectivity index (χ1n) is 9.12. The maximum absolute atomic E-state index is 11.5. The first-order valence-corrected chi connectivity index (χ1v) is 9.12. The average Bonchev–Trinajstić information content (AvgIpc) is 2.55. The van der Waals surface area contributed by atoms with E-state index in [0.717, 1.165) is 25.7 Å². The fraction of sp³-hybridized carbons (Fsp3) is 0.700. The molecule has 5 heteroatoms. The smallest absolute Gasteiger partial charge is 0.875 e. The summed E-state index contributed by atoms with van der Waals surface area (Å²) in [6.45, 7) is 7.38. The topological polar surface area (TPSA) is 80.3 Å². The van der Waals surface area contributed by atoms with Gasteiger partial charge in [0, 0.05) is 12.8 Å². The van der Waals surface area contributed by atoms with Gasteiger partial charge in [-0.2, -0.15) is 0 Å². The summed E-state index contributed by atoms with van der Waals surface area (Å²) < 4.78 is 0. The Balaban J connectivity index is 0.000000443. The van der Waals surface area contributed by atoms with Gasteiger partial charge in [-0.05, 0) is 61.5 Å². The summed E-state index contributed by atoms with van der Waals surface area (Å²) >= 11 is 0. The predicted molar refractivity (Wildman–Crippen MR) is 90.7 cm³/mol. The van der Waals surface area contributed by atoms with E-state index < -0.39 is 0 Å². The van der Waals surface area contributed by atoms with Gasteiger partial charge in [0.1, 0.15) is 0 Å². The van der Waals surface area contributed by atoms with Crippen LogP contribution in [-0.4, -0.2) is 11.6 Å². The monoisotopic (exact) mass is 397 g/mol. The molecule has 0 atom stereocenters. The third kappa shape index (κ3) is 7.37. The second-order valence-electron chi connectivity index (χ2n) is 7.26. The van der Waals surface area contributed by atoms with Crippen molar-refractivity contribution in [2.75, 3.05) is 0 Å². The van der Waals surface area contributed by atoms with Gasteiger partial charge in [-0.15, -0.1) is 11.5 Å². The van der Waals surface area contributed by atoms with Crippen LogP contribution in [0.25, 0.3) is 0 Å². The second-order valence-corrected chi connectivity index (χ2v) is 7.26. The van der Waals surface area contributed by atoms with E-state index in [-0.39, 0.29) is 52.0 Å². The molecule has 2 rings (SSSR count). The maximum atomic E-state index is 11.5. The van der Waals surface area contributed by atoms with Gasteiger partial charge < -0.3 is 10.2 Å². The summed E-state index contributed by atoms with van der Waals surface area (Å²) in [4.78, 5) is 22.6. The van der Waals surface area contributed by atoms with Crippen LogP contribution in [0.3, 0.4) is 0 Å². The van der Waals surface area contributed by atoms with Gasteiger partial charge in [0.2, 0.25) is 0 Å². The van der Waals surface area contributed by atoms with Gasteiger partial charge in [-0.1, -0.05) is 27.7 Å². The molecule has 0 bridgehead atoms. The molecule has 0 aliphatic heterocycles. The zero-order chi connectivity index (χ0) is 18.3. The maximum Gasteiger partial charge on any atom is 2.00 e. The number of ketones is 2. The molecule has 2 aliphatic rings. The standard InChI is InChI=1S/2C10H16O2.Cu/c2*1-7(2)10(12)8-5-3-4-6-9(8)11;/h2*7,12H,3-6H2,1-2H3;/q;;+2/p-2/b2*10-8-;. The van der Waals surface area contributed by atoms with E-state index in [1.165, 1.54) is 0 Å². The van der Waals surface area contributed by atoms with Crippen molar-refractivity contribution in [1.29, 1.82) is 0 Å². The van der Waals surface area contributed by atoms with Gasteiger partial charge in [0.15, 0.2) is 11.6 Å². The fourth-order valence-electron chi connectivity index (χ4n) is 2.97. The number of Topliss-reactive ketones (excluding diaryl/α,β-unsaturated/α-hetero) is 2. The van der Waals surface area contributed by atoms with Crippen LogP contribution in [0.4, 0.5) is 0 Å². The molecule has 2 aliphatic carbocycles. The van der Waals surface area contributed by atoms with Crippen molar-refractivity contribution in [2.45, 2.75) is 79.1 Å². The number of hydrogen-bond acceptors (Lipinski definition) is 4. The van der Waals surface area contributed by atoms with Crippen LogP contribution < -0.4 is 10.2 Å². The molecule has 0 aromatic carbocycles. The molecule has 0 heterocycles. The van der Waals surface area contributed by atoms with Crippen molar-refractivity contribution in [1.82, 2.24) is 0 Å². The second kappa shape index (κ2) is 11.5. The molecular formula is C20H30CuO4. The van der Waals surface area contributed by atoms with Crippen molar-refractivity contribution < 1.29 is 36.9 Å². The summed E-state index contributed by atoms with van der Waals surface area (Å²) in [5.41, 5.74) is 1.13. The molecule has 0 spiro atoms. The molecule has 4 nitrogen and oxygen atoms in total. The molecule has 0 N–H and O–H groups in total. The summed E-state index contributed by atoms with van der Waals surface area (Å²) in [5.74, 6) is 0.225. The minimum atomic E-state index is -0.0259. The molecule has 0 unspecified atom stereocenters. The molecule has 145 valence electrons. The van der Waals surface area contributed by atoms with Gasteiger partial charge in [0.25, 0.3) is 0 Å². The fourth-order valence-corrected chi connectivity index (χ4v) is 2.97. The summed E-state index contributed by atoms with van der Waals surface area (Å²) in [6, 6.07) is 0. The van der Waals surface area contributed by atoms with Crippen LogP contribution in [0.5, 0.6) is 0 Å². The van der Waals surface area contributed by atoms with E-state index in [1.807, 2.05) is 27.7 Å². The molecule has 25 heavy (non-hydrogen) atoms. The Morgan fingerprint density at radius 3 is 1.20 bits per heavy atom. The van der Waals surface area contributed by atoms with Crippen LogP contribution in [0.15, 0.2) is 22.7 Å². The Hall–Kier alpha value is -1.06. The average molecular weight is 398 g/mol. The Labute approximate surface area is 162 Å². The zero-order valence-corrected chi connectivity index (χ0v) is 16.7. The summed E-state index contributed by atoms with van der Waals surface area (Å²) in [6.07, 6.45) is 6.47. The van der Waals surface area contributed by atoms with Crippen molar-refractivity contribution in [3.05, 3.63) is 22.7 Å². The molecule has 2 saturated carbocycles. The summed E-state index contributed by atoms with van der Waals surface area (Å²) in [7, 11) is 0. The molecule has 0 saturated heterocycles. The largest absolute Gasteiger partial charge is 2.00 e. The third-order valence-corrected chi connectivity index (χ3v) is 4.48. The van der Waals surface area contributed by atoms with Crippen LogP contribution in [0.2, 0.25) is 0 Å². The van der Waals surface area contributed by atoms with E-state index in [2.05, 4.69) is 0 Å². The van der Waals surface area contributed by atoms with Crippen molar-refractivity contribution in [2.24, 2.45) is 11.8 Å². The number of hydrogen-bond donors (Lipinski definition) is 0. The van der Waals surface area contributed by atoms with Gasteiger partial charge in [0.05, 0.1) is 0 Å². The SMILES string of the molecule is CC(C)/C([O-])=C1\CCCCC1=O.CC(C)/C([O-])=C1\CCCCC1=O.[Cu+2]. The van der Waals surface area contributed by atoms with Crippen LogP contribution in [-0.2, 0) is 26.7 Å². The Morgan fingerprint density at radius 2 is 0.960 bits per heavy atom. The first-order chi connectivity index (χ1) is 11.3. The van der Waals surface area contributed by atoms with Crippen LogP contribution in [0, 0.1) is 11.8 Å². The molecule has 1 radical (unpaired) electrons. The summed E-state index contributed by atoms with van der Waals surface area (Å²) in [5, 5.41) is 22.9. The van der Waals surface area contributed by atoms with Crippen molar-refractivity contribution in [3.8, 4) is 0 Å². The Kier molecular flexibility index (Phi) is 11.0. The third-order valence-electron chi connectivity index (χ3n) is 4.48. The first kappa shape index (κ1) is 23.9. The Bertz CT molecular complexity index is 482. The van der Waals surface area contributed by atoms with Crippen LogP contribution >= 0.6 is 0 Å². The van der Waals surface area contributed by atoms with E-state index in [1.54, 1.807) is 0 Å². The predicted octanol–water partition coefficient (Wildman–Crippen LogP) is 2.80. The van der Waals surface area contributed by atoms with E-state index in [9.17, 15) is 19.8 Å². The number of rotatable bonds is 2. The number of carbonyl (C=O) groups excluding carboxylic acids is 2. The molecular weight excluding hydrogens is 368 g/mol. The van der Waals surface area contributed by atoms with Crippen LogP contribution in [0.1, 0.15) is 79.1 Å². The van der Waals surface area contributed by atoms with Gasteiger partial charge in [-0.3, -0.25) is 9.59 Å². The zero-order valence-electron chi connectivity index (χ0n) is 15.7. The van der Waals surface area contributed by atoms with Gasteiger partial charge >= 0.3 is 17.1 Å². The molecule has 0 aromatic rings. The number of carbonyl (C=O) groups is 2.